The number of carbonyl (C=O) groups is 1. The molecule has 2 atom stereocenters. The third-order valence-electron chi connectivity index (χ3n) is 4.87. The van der Waals surface area contributed by atoms with Crippen LogP contribution >= 0.6 is 23.2 Å². The summed E-state index contributed by atoms with van der Waals surface area (Å²) in [6.45, 7) is 1.83. The topological polar surface area (TPSA) is 47.4 Å². The average molecular weight is 432 g/mol. The van der Waals surface area contributed by atoms with E-state index in [1.165, 1.54) is 25.0 Å². The Hall–Kier alpha value is -1.70. The molecular weight excluding hydrogens is 411 g/mol. The molecule has 1 heterocycles. The first kappa shape index (κ1) is 21.0. The number of carbonyl (C=O) groups excluding carboxylic acids is 1. The molecular formula is C19H21Cl2F2N3O2. The van der Waals surface area contributed by atoms with Crippen LogP contribution in [-0.2, 0) is 11.8 Å². The van der Waals surface area contributed by atoms with Gasteiger partial charge in [-0.3, -0.25) is 9.48 Å². The number of nitrogens with zero attached hydrogens (tertiary/aromatic N) is 3. The number of aryl methyl sites for hydroxylation is 1. The summed E-state index contributed by atoms with van der Waals surface area (Å²) in [7, 11) is 3.04. The molecule has 152 valence electrons. The summed E-state index contributed by atoms with van der Waals surface area (Å²) in [6.07, 6.45) is -0.416. The normalized spacial score (nSPS) is 16.3. The van der Waals surface area contributed by atoms with Crippen molar-refractivity contribution in [2.45, 2.75) is 44.4 Å². The molecule has 0 aliphatic heterocycles. The van der Waals surface area contributed by atoms with E-state index in [0.717, 1.165) is 12.8 Å². The highest BCUT2D eigenvalue weighted by molar-refractivity contribution is 6.35. The van der Waals surface area contributed by atoms with Gasteiger partial charge in [0.15, 0.2) is 0 Å². The number of aromatic nitrogens is 2. The van der Waals surface area contributed by atoms with Crippen LogP contribution in [0.5, 0.6) is 0 Å². The van der Waals surface area contributed by atoms with E-state index in [2.05, 4.69) is 5.10 Å². The standard InChI is InChI=1S/C19H21Cl2F2N3O2/c1-10(17(28-3)13-7-4-11(20)8-15(13)21)26(12-5-6-12)19(27)14-9-25(2)24-16(14)18(22)23/h4,7-10,12,17-18H,5-6H2,1-3H3. The largest absolute Gasteiger partial charge is 0.375 e. The molecule has 1 aromatic heterocycles. The lowest BCUT2D eigenvalue weighted by Gasteiger charge is -2.35. The van der Waals surface area contributed by atoms with Gasteiger partial charge in [0.2, 0.25) is 0 Å². The van der Waals surface area contributed by atoms with Crippen LogP contribution in [-0.4, -0.2) is 39.8 Å². The number of alkyl halides is 2. The third kappa shape index (κ3) is 4.16. The number of benzene rings is 1. The van der Waals surface area contributed by atoms with E-state index in [0.29, 0.717) is 15.6 Å². The molecule has 1 aromatic carbocycles. The van der Waals surface area contributed by atoms with E-state index >= 15 is 0 Å². The summed E-state index contributed by atoms with van der Waals surface area (Å²) in [6, 6.07) is 4.59. The second-order valence-corrected chi connectivity index (χ2v) is 7.75. The maximum Gasteiger partial charge on any atom is 0.282 e. The summed E-state index contributed by atoms with van der Waals surface area (Å²) in [5, 5.41) is 4.66. The van der Waals surface area contributed by atoms with Crippen molar-refractivity contribution in [1.29, 1.82) is 0 Å². The zero-order valence-corrected chi connectivity index (χ0v) is 17.2. The van der Waals surface area contributed by atoms with Crippen LogP contribution in [0.1, 0.15) is 53.9 Å². The highest BCUT2D eigenvalue weighted by Gasteiger charge is 2.41. The predicted molar refractivity (Wildman–Crippen MR) is 103 cm³/mol. The zero-order chi connectivity index (χ0) is 20.6. The molecule has 3 rings (SSSR count). The Morgan fingerprint density at radius 1 is 1.36 bits per heavy atom. The Balaban J connectivity index is 1.96. The van der Waals surface area contributed by atoms with Gasteiger partial charge in [-0.15, -0.1) is 0 Å². The van der Waals surface area contributed by atoms with Gasteiger partial charge in [-0.05, 0) is 31.9 Å². The van der Waals surface area contributed by atoms with Gasteiger partial charge >= 0.3 is 0 Å². The van der Waals surface area contributed by atoms with Crippen LogP contribution < -0.4 is 0 Å². The van der Waals surface area contributed by atoms with Crippen LogP contribution in [0.2, 0.25) is 10.0 Å². The highest BCUT2D eigenvalue weighted by atomic mass is 35.5. The van der Waals surface area contributed by atoms with Crippen molar-refractivity contribution in [3.05, 3.63) is 51.3 Å². The van der Waals surface area contributed by atoms with Gasteiger partial charge in [0.1, 0.15) is 11.8 Å². The zero-order valence-electron chi connectivity index (χ0n) is 15.7. The van der Waals surface area contributed by atoms with Gasteiger partial charge in [0.05, 0.1) is 11.6 Å². The lowest BCUT2D eigenvalue weighted by atomic mass is 10.0. The Morgan fingerprint density at radius 3 is 2.57 bits per heavy atom. The second kappa shape index (κ2) is 8.35. The summed E-state index contributed by atoms with van der Waals surface area (Å²) in [4.78, 5) is 14.8. The number of methoxy groups -OCH3 is 1. The monoisotopic (exact) mass is 431 g/mol. The molecule has 0 spiro atoms. The van der Waals surface area contributed by atoms with Crippen LogP contribution in [0.15, 0.2) is 24.4 Å². The molecule has 1 aliphatic carbocycles. The van der Waals surface area contributed by atoms with E-state index in [-0.39, 0.29) is 11.6 Å². The maximum absolute atomic E-state index is 13.4. The van der Waals surface area contributed by atoms with Crippen LogP contribution in [0.4, 0.5) is 8.78 Å². The maximum atomic E-state index is 13.4. The van der Waals surface area contributed by atoms with Crippen LogP contribution in [0.3, 0.4) is 0 Å². The Labute approximate surface area is 172 Å². The molecule has 1 amide bonds. The second-order valence-electron chi connectivity index (χ2n) is 6.91. The number of amides is 1. The minimum Gasteiger partial charge on any atom is -0.375 e. The smallest absolute Gasteiger partial charge is 0.282 e. The van der Waals surface area contributed by atoms with Crippen molar-refractivity contribution in [2.75, 3.05) is 7.11 Å². The number of ether oxygens (including phenoxy) is 1. The van der Waals surface area contributed by atoms with E-state index in [9.17, 15) is 13.6 Å². The molecule has 5 nitrogen and oxygen atoms in total. The third-order valence-corrected chi connectivity index (χ3v) is 5.43. The molecule has 0 saturated heterocycles. The molecule has 9 heteroatoms. The lowest BCUT2D eigenvalue weighted by Crippen LogP contribution is -2.44. The summed E-state index contributed by atoms with van der Waals surface area (Å²) in [5.74, 6) is -0.481. The van der Waals surface area contributed by atoms with Crippen LogP contribution in [0, 0.1) is 0 Å². The van der Waals surface area contributed by atoms with Gasteiger partial charge in [-0.25, -0.2) is 8.78 Å². The minimum atomic E-state index is -2.83. The van der Waals surface area contributed by atoms with Crippen molar-refractivity contribution in [1.82, 2.24) is 14.7 Å². The van der Waals surface area contributed by atoms with Gasteiger partial charge in [0.25, 0.3) is 12.3 Å². The van der Waals surface area contributed by atoms with Gasteiger partial charge in [0, 0.05) is 42.0 Å². The van der Waals surface area contributed by atoms with Crippen molar-refractivity contribution in [2.24, 2.45) is 7.05 Å². The summed E-state index contributed by atoms with van der Waals surface area (Å²) < 4.78 is 33.6. The number of hydrogen-bond acceptors (Lipinski definition) is 3. The summed E-state index contributed by atoms with van der Waals surface area (Å²) in [5.41, 5.74) is 0.0805. The number of rotatable bonds is 7. The lowest BCUT2D eigenvalue weighted by molar-refractivity contribution is 0.0155. The average Bonchev–Trinajstić information content (AvgIpc) is 3.37. The van der Waals surface area contributed by atoms with Crippen molar-refractivity contribution in [3.63, 3.8) is 0 Å². The SMILES string of the molecule is COC(c1ccc(Cl)cc1Cl)C(C)N(C(=O)c1cn(C)nc1C(F)F)C1CC1. The number of halogens is 4. The Bertz CT molecular complexity index is 871. The molecule has 1 saturated carbocycles. The quantitative estimate of drug-likeness (QED) is 0.616. The first-order valence-corrected chi connectivity index (χ1v) is 9.62. The Kier molecular flexibility index (Phi) is 6.27. The molecule has 2 aromatic rings. The van der Waals surface area contributed by atoms with Crippen molar-refractivity contribution >= 4 is 29.1 Å². The Morgan fingerprint density at radius 2 is 2.04 bits per heavy atom. The molecule has 1 fully saturated rings. The van der Waals surface area contributed by atoms with E-state index < -0.39 is 30.2 Å². The van der Waals surface area contributed by atoms with Crippen LogP contribution in [0.25, 0.3) is 0 Å². The molecule has 0 radical (unpaired) electrons. The van der Waals surface area contributed by atoms with Crippen molar-refractivity contribution in [3.8, 4) is 0 Å². The predicted octanol–water partition coefficient (Wildman–Crippen LogP) is 5.05. The van der Waals surface area contributed by atoms with E-state index in [4.69, 9.17) is 27.9 Å². The molecule has 1 aliphatic rings. The first-order chi connectivity index (χ1) is 13.2. The molecule has 2 unspecified atom stereocenters. The molecule has 0 bridgehead atoms. The van der Waals surface area contributed by atoms with Gasteiger partial charge in [-0.2, -0.15) is 5.10 Å². The fourth-order valence-corrected chi connectivity index (χ4v) is 3.98. The highest BCUT2D eigenvalue weighted by Crippen LogP contribution is 2.38. The molecule has 28 heavy (non-hydrogen) atoms. The van der Waals surface area contributed by atoms with Gasteiger partial charge < -0.3 is 9.64 Å². The fraction of sp³-hybridized carbons (Fsp3) is 0.474. The minimum absolute atomic E-state index is 0.0306. The molecule has 0 N–H and O–H groups in total. The van der Waals surface area contributed by atoms with Gasteiger partial charge in [-0.1, -0.05) is 29.3 Å². The van der Waals surface area contributed by atoms with Crippen molar-refractivity contribution < 1.29 is 18.3 Å². The van der Waals surface area contributed by atoms with E-state index in [1.807, 2.05) is 6.92 Å². The fourth-order valence-electron chi connectivity index (χ4n) is 3.47. The van der Waals surface area contributed by atoms with E-state index in [1.54, 1.807) is 23.1 Å². The number of hydrogen-bond donors (Lipinski definition) is 0. The first-order valence-electron chi connectivity index (χ1n) is 8.86. The summed E-state index contributed by atoms with van der Waals surface area (Å²) >= 11 is 12.3.